The van der Waals surface area contributed by atoms with Gasteiger partial charge in [-0.05, 0) is 26.0 Å². The quantitative estimate of drug-likeness (QED) is 0.423. The standard InChI is InChI=1S/C14H24N4O3S/c1-4-18(5-2)14(15)16-9-10-21-13-8-6-7-12(11-13)17-22(3,19)20/h6-8,11,17H,4-5,9-10H2,1-3H3,(H2,15,16). The van der Waals surface area contributed by atoms with Crippen LogP contribution in [0, 0.1) is 0 Å². The lowest BCUT2D eigenvalue weighted by atomic mass is 10.3. The van der Waals surface area contributed by atoms with E-state index >= 15 is 0 Å². The van der Waals surface area contributed by atoms with Gasteiger partial charge in [0.05, 0.1) is 18.5 Å². The molecule has 0 aliphatic carbocycles. The predicted octanol–water partition coefficient (Wildman–Crippen LogP) is 1.09. The lowest BCUT2D eigenvalue weighted by molar-refractivity contribution is 0.327. The summed E-state index contributed by atoms with van der Waals surface area (Å²) in [6.45, 7) is 6.46. The summed E-state index contributed by atoms with van der Waals surface area (Å²) >= 11 is 0. The van der Waals surface area contributed by atoms with Gasteiger partial charge in [-0.15, -0.1) is 0 Å². The molecule has 8 heteroatoms. The van der Waals surface area contributed by atoms with E-state index in [4.69, 9.17) is 10.5 Å². The molecule has 0 saturated heterocycles. The van der Waals surface area contributed by atoms with Crippen LogP contribution in [0.2, 0.25) is 0 Å². The number of sulfonamides is 1. The van der Waals surface area contributed by atoms with Crippen molar-refractivity contribution in [2.45, 2.75) is 13.8 Å². The van der Waals surface area contributed by atoms with Gasteiger partial charge in [0.1, 0.15) is 12.4 Å². The second-order valence-electron chi connectivity index (χ2n) is 4.66. The number of nitrogens with two attached hydrogens (primary N) is 1. The first-order chi connectivity index (χ1) is 10.4. The van der Waals surface area contributed by atoms with Crippen LogP contribution in [-0.2, 0) is 10.0 Å². The first-order valence-electron chi connectivity index (χ1n) is 7.11. The fraction of sp³-hybridized carbons (Fsp3) is 0.500. The number of hydrogen-bond donors (Lipinski definition) is 2. The van der Waals surface area contributed by atoms with Gasteiger partial charge in [-0.25, -0.2) is 13.4 Å². The Morgan fingerprint density at radius 2 is 2.05 bits per heavy atom. The molecule has 7 nitrogen and oxygen atoms in total. The number of rotatable bonds is 8. The number of guanidine groups is 1. The topological polar surface area (TPSA) is 97.0 Å². The molecule has 124 valence electrons. The fourth-order valence-corrected chi connectivity index (χ4v) is 2.39. The third-order valence-corrected chi connectivity index (χ3v) is 3.47. The summed E-state index contributed by atoms with van der Waals surface area (Å²) in [6, 6.07) is 6.75. The maximum absolute atomic E-state index is 11.2. The first-order valence-corrected chi connectivity index (χ1v) is 9.00. The molecule has 0 radical (unpaired) electrons. The molecule has 1 rings (SSSR count). The molecule has 0 atom stereocenters. The van der Waals surface area contributed by atoms with Gasteiger partial charge in [-0.3, -0.25) is 4.72 Å². The molecule has 0 fully saturated rings. The maximum atomic E-state index is 11.2. The molecule has 0 aliphatic heterocycles. The number of aliphatic imine (C=N–C) groups is 1. The van der Waals surface area contributed by atoms with Gasteiger partial charge in [-0.1, -0.05) is 6.07 Å². The summed E-state index contributed by atoms with van der Waals surface area (Å²) in [7, 11) is -3.30. The average molecular weight is 328 g/mol. The maximum Gasteiger partial charge on any atom is 0.229 e. The number of nitrogens with one attached hydrogen (secondary N) is 1. The van der Waals surface area contributed by atoms with Crippen molar-refractivity contribution in [3.8, 4) is 5.75 Å². The molecular weight excluding hydrogens is 304 g/mol. The van der Waals surface area contributed by atoms with E-state index in [1.165, 1.54) is 0 Å². The molecule has 0 aliphatic rings. The third-order valence-electron chi connectivity index (χ3n) is 2.86. The van der Waals surface area contributed by atoms with Crippen molar-refractivity contribution in [3.63, 3.8) is 0 Å². The Morgan fingerprint density at radius 3 is 2.64 bits per heavy atom. The van der Waals surface area contributed by atoms with Crippen LogP contribution in [0.1, 0.15) is 13.8 Å². The average Bonchev–Trinajstić information content (AvgIpc) is 2.43. The van der Waals surface area contributed by atoms with E-state index in [-0.39, 0.29) is 0 Å². The van der Waals surface area contributed by atoms with E-state index in [1.54, 1.807) is 24.3 Å². The second-order valence-corrected chi connectivity index (χ2v) is 6.41. The van der Waals surface area contributed by atoms with Crippen LogP contribution < -0.4 is 15.2 Å². The van der Waals surface area contributed by atoms with E-state index in [2.05, 4.69) is 9.71 Å². The minimum Gasteiger partial charge on any atom is -0.492 e. The molecule has 0 saturated carbocycles. The van der Waals surface area contributed by atoms with Crippen molar-refractivity contribution in [2.24, 2.45) is 10.7 Å². The number of benzene rings is 1. The van der Waals surface area contributed by atoms with Gasteiger partial charge in [0.2, 0.25) is 10.0 Å². The van der Waals surface area contributed by atoms with Gasteiger partial charge in [0.15, 0.2) is 5.96 Å². The highest BCUT2D eigenvalue weighted by Crippen LogP contribution is 2.17. The lowest BCUT2D eigenvalue weighted by Crippen LogP contribution is -2.37. The molecule has 0 unspecified atom stereocenters. The Balaban J connectivity index is 2.52. The molecule has 0 amide bonds. The number of anilines is 1. The van der Waals surface area contributed by atoms with E-state index in [9.17, 15) is 8.42 Å². The number of nitrogens with zero attached hydrogens (tertiary/aromatic N) is 2. The van der Waals surface area contributed by atoms with E-state index in [0.29, 0.717) is 30.5 Å². The third kappa shape index (κ3) is 6.66. The van der Waals surface area contributed by atoms with Crippen LogP contribution in [0.3, 0.4) is 0 Å². The fourth-order valence-electron chi connectivity index (χ4n) is 1.83. The van der Waals surface area contributed by atoms with Crippen molar-refractivity contribution < 1.29 is 13.2 Å². The zero-order valence-corrected chi connectivity index (χ0v) is 14.1. The Hall–Kier alpha value is -1.96. The summed E-state index contributed by atoms with van der Waals surface area (Å²) < 4.78 is 30.3. The van der Waals surface area contributed by atoms with Crippen LogP contribution >= 0.6 is 0 Å². The predicted molar refractivity (Wildman–Crippen MR) is 89.8 cm³/mol. The van der Waals surface area contributed by atoms with Crippen molar-refractivity contribution in [3.05, 3.63) is 24.3 Å². The van der Waals surface area contributed by atoms with E-state index < -0.39 is 10.0 Å². The minimum atomic E-state index is -3.30. The second kappa shape index (κ2) is 8.47. The highest BCUT2D eigenvalue weighted by atomic mass is 32.2. The minimum absolute atomic E-state index is 0.365. The molecule has 1 aromatic rings. The lowest BCUT2D eigenvalue weighted by Gasteiger charge is -2.19. The summed E-state index contributed by atoms with van der Waals surface area (Å²) in [5.74, 6) is 1.08. The molecule has 0 heterocycles. The van der Waals surface area contributed by atoms with Gasteiger partial charge in [0.25, 0.3) is 0 Å². The molecule has 0 aromatic heterocycles. The van der Waals surface area contributed by atoms with Gasteiger partial charge >= 0.3 is 0 Å². The van der Waals surface area contributed by atoms with Crippen LogP contribution in [-0.4, -0.2) is 51.8 Å². The van der Waals surface area contributed by atoms with Crippen molar-refractivity contribution in [1.29, 1.82) is 0 Å². The van der Waals surface area contributed by atoms with Crippen LogP contribution in [0.5, 0.6) is 5.75 Å². The van der Waals surface area contributed by atoms with Gasteiger partial charge in [0, 0.05) is 19.2 Å². The summed E-state index contributed by atoms with van der Waals surface area (Å²) in [5.41, 5.74) is 6.32. The molecule has 0 bridgehead atoms. The normalized spacial score (nSPS) is 12.0. The first kappa shape index (κ1) is 18.1. The highest BCUT2D eigenvalue weighted by molar-refractivity contribution is 7.92. The largest absolute Gasteiger partial charge is 0.492 e. The Kier molecular flexibility index (Phi) is 6.97. The summed E-state index contributed by atoms with van der Waals surface area (Å²) in [6.07, 6.45) is 1.10. The molecule has 1 aromatic carbocycles. The van der Waals surface area contributed by atoms with Crippen LogP contribution in [0.4, 0.5) is 5.69 Å². The Labute approximate surface area is 132 Å². The van der Waals surface area contributed by atoms with E-state index in [1.807, 2.05) is 18.7 Å². The van der Waals surface area contributed by atoms with Crippen molar-refractivity contribution in [2.75, 3.05) is 37.2 Å². The van der Waals surface area contributed by atoms with Gasteiger partial charge in [-0.2, -0.15) is 0 Å². The molecule has 0 spiro atoms. The van der Waals surface area contributed by atoms with Crippen LogP contribution in [0.25, 0.3) is 0 Å². The Bertz CT molecular complexity index is 598. The number of hydrogen-bond acceptors (Lipinski definition) is 4. The zero-order chi connectivity index (χ0) is 16.6. The van der Waals surface area contributed by atoms with Crippen molar-refractivity contribution >= 4 is 21.7 Å². The van der Waals surface area contributed by atoms with Crippen LogP contribution in [0.15, 0.2) is 29.3 Å². The SMILES string of the molecule is CCN(CC)C(N)=NCCOc1cccc(NS(C)(=O)=O)c1. The summed E-state index contributed by atoms with van der Waals surface area (Å²) in [4.78, 5) is 6.20. The van der Waals surface area contributed by atoms with E-state index in [0.717, 1.165) is 19.3 Å². The monoisotopic (exact) mass is 328 g/mol. The summed E-state index contributed by atoms with van der Waals surface area (Å²) in [5, 5.41) is 0. The zero-order valence-electron chi connectivity index (χ0n) is 13.2. The van der Waals surface area contributed by atoms with Crippen molar-refractivity contribution in [1.82, 2.24) is 4.90 Å². The number of ether oxygens (including phenoxy) is 1. The molecule has 22 heavy (non-hydrogen) atoms. The Morgan fingerprint density at radius 1 is 1.36 bits per heavy atom. The molecular formula is C14H24N4O3S. The molecule has 3 N–H and O–H groups in total. The highest BCUT2D eigenvalue weighted by Gasteiger charge is 2.04. The smallest absolute Gasteiger partial charge is 0.229 e. The van der Waals surface area contributed by atoms with Gasteiger partial charge < -0.3 is 15.4 Å².